The van der Waals surface area contributed by atoms with Crippen LogP contribution in [0.5, 0.6) is 0 Å². The van der Waals surface area contributed by atoms with Crippen LogP contribution in [-0.4, -0.2) is 21.3 Å². The molecule has 1 aromatic heterocycles. The molecular formula is C5H4ClFN2O2. The second-order valence-corrected chi connectivity index (χ2v) is 2.17. The average Bonchev–Trinajstić information content (AvgIpc) is 2.32. The lowest BCUT2D eigenvalue weighted by Crippen LogP contribution is -1.99. The first kappa shape index (κ1) is 8.00. The molecule has 1 unspecified atom stereocenters. The van der Waals surface area contributed by atoms with Crippen molar-refractivity contribution in [3.63, 3.8) is 0 Å². The maximum Gasteiger partial charge on any atom is 0.339 e. The molecule has 11 heavy (non-hydrogen) atoms. The standard InChI is InChI=1S/C5H4ClFN2O2/c6-4(7)3-2(5(10)11)1-8-9-3/h1,4H,(H,8,9)(H,10,11). The van der Waals surface area contributed by atoms with E-state index >= 15 is 0 Å². The van der Waals surface area contributed by atoms with Crippen LogP contribution in [0.25, 0.3) is 0 Å². The molecule has 0 saturated heterocycles. The Morgan fingerprint density at radius 3 is 2.91 bits per heavy atom. The van der Waals surface area contributed by atoms with Crippen LogP contribution in [0.3, 0.4) is 0 Å². The van der Waals surface area contributed by atoms with E-state index in [4.69, 9.17) is 16.7 Å². The lowest BCUT2D eigenvalue weighted by atomic mass is 10.3. The second kappa shape index (κ2) is 2.87. The highest BCUT2D eigenvalue weighted by atomic mass is 35.5. The van der Waals surface area contributed by atoms with Crippen molar-refractivity contribution in [1.29, 1.82) is 0 Å². The molecule has 0 radical (unpaired) electrons. The Labute approximate surface area is 66.0 Å². The fourth-order valence-corrected chi connectivity index (χ4v) is 0.805. The summed E-state index contributed by atoms with van der Waals surface area (Å²) in [6, 6.07) is 0. The third kappa shape index (κ3) is 1.48. The van der Waals surface area contributed by atoms with Crippen molar-refractivity contribution in [2.45, 2.75) is 5.63 Å². The highest BCUT2D eigenvalue weighted by Gasteiger charge is 2.18. The van der Waals surface area contributed by atoms with Crippen LogP contribution in [0.1, 0.15) is 21.7 Å². The number of aromatic nitrogens is 2. The number of halogens is 2. The molecule has 60 valence electrons. The van der Waals surface area contributed by atoms with Crippen LogP contribution in [0, 0.1) is 0 Å². The first-order chi connectivity index (χ1) is 5.13. The number of nitrogens with one attached hydrogen (secondary N) is 1. The molecule has 4 nitrogen and oxygen atoms in total. The number of hydrogen-bond donors (Lipinski definition) is 2. The van der Waals surface area contributed by atoms with E-state index < -0.39 is 11.6 Å². The van der Waals surface area contributed by atoms with Crippen molar-refractivity contribution in [2.24, 2.45) is 0 Å². The zero-order valence-electron chi connectivity index (χ0n) is 5.21. The molecule has 0 aliphatic carbocycles. The monoisotopic (exact) mass is 178 g/mol. The second-order valence-electron chi connectivity index (χ2n) is 1.79. The van der Waals surface area contributed by atoms with E-state index in [-0.39, 0.29) is 11.3 Å². The van der Waals surface area contributed by atoms with Crippen LogP contribution in [0.15, 0.2) is 6.20 Å². The molecule has 0 aromatic carbocycles. The molecule has 0 saturated carbocycles. The normalized spacial score (nSPS) is 12.9. The molecule has 1 rings (SSSR count). The lowest BCUT2D eigenvalue weighted by Gasteiger charge is -1.94. The number of carboxylic acid groups (broad SMARTS) is 1. The number of aromatic carboxylic acids is 1. The van der Waals surface area contributed by atoms with E-state index in [9.17, 15) is 9.18 Å². The Morgan fingerprint density at radius 1 is 1.91 bits per heavy atom. The Hall–Kier alpha value is -1.10. The number of H-pyrrole nitrogens is 1. The molecule has 0 amide bonds. The van der Waals surface area contributed by atoms with Crippen molar-refractivity contribution in [3.05, 3.63) is 17.5 Å². The van der Waals surface area contributed by atoms with Gasteiger partial charge >= 0.3 is 5.97 Å². The van der Waals surface area contributed by atoms with Gasteiger partial charge in [-0.2, -0.15) is 5.10 Å². The Bertz CT molecular complexity index is 273. The summed E-state index contributed by atoms with van der Waals surface area (Å²) in [4.78, 5) is 10.3. The molecule has 1 aromatic rings. The van der Waals surface area contributed by atoms with Crippen molar-refractivity contribution >= 4 is 17.6 Å². The van der Waals surface area contributed by atoms with E-state index in [0.29, 0.717) is 0 Å². The number of nitrogens with zero attached hydrogens (tertiary/aromatic N) is 1. The highest BCUT2D eigenvalue weighted by molar-refractivity contribution is 6.20. The molecule has 1 heterocycles. The first-order valence-corrected chi connectivity index (χ1v) is 3.11. The molecule has 0 bridgehead atoms. The van der Waals surface area contributed by atoms with Gasteiger partial charge in [-0.3, -0.25) is 5.10 Å². The number of carboxylic acids is 1. The summed E-state index contributed by atoms with van der Waals surface area (Å²) in [6.07, 6.45) is 1.08. The van der Waals surface area contributed by atoms with Crippen LogP contribution in [-0.2, 0) is 0 Å². The van der Waals surface area contributed by atoms with Gasteiger partial charge in [0.05, 0.1) is 0 Å². The molecule has 2 N–H and O–H groups in total. The van der Waals surface area contributed by atoms with Gasteiger partial charge in [0.15, 0.2) is 0 Å². The van der Waals surface area contributed by atoms with Crippen LogP contribution < -0.4 is 0 Å². The van der Waals surface area contributed by atoms with Crippen molar-refractivity contribution in [2.75, 3.05) is 0 Å². The van der Waals surface area contributed by atoms with Gasteiger partial charge in [-0.15, -0.1) is 0 Å². The van der Waals surface area contributed by atoms with E-state index in [2.05, 4.69) is 10.2 Å². The first-order valence-electron chi connectivity index (χ1n) is 2.68. The third-order valence-corrected chi connectivity index (χ3v) is 1.31. The van der Waals surface area contributed by atoms with Crippen molar-refractivity contribution in [3.8, 4) is 0 Å². The van der Waals surface area contributed by atoms with Crippen LogP contribution in [0.4, 0.5) is 4.39 Å². The van der Waals surface area contributed by atoms with E-state index in [1.165, 1.54) is 0 Å². The zero-order valence-corrected chi connectivity index (χ0v) is 5.97. The topological polar surface area (TPSA) is 66.0 Å². The molecule has 1 atom stereocenters. The summed E-state index contributed by atoms with van der Waals surface area (Å²) in [6.45, 7) is 0. The van der Waals surface area contributed by atoms with Gasteiger partial charge in [-0.05, 0) is 0 Å². The minimum atomic E-state index is -1.88. The van der Waals surface area contributed by atoms with Gasteiger partial charge in [0.25, 0.3) is 0 Å². The minimum Gasteiger partial charge on any atom is -0.478 e. The van der Waals surface area contributed by atoms with Gasteiger partial charge in [-0.1, -0.05) is 11.6 Å². The SMILES string of the molecule is O=C(O)c1c[nH]nc1C(F)Cl. The van der Waals surface area contributed by atoms with Crippen molar-refractivity contribution in [1.82, 2.24) is 10.2 Å². The predicted octanol–water partition coefficient (Wildman–Crippen LogP) is 1.31. The molecule has 0 fully saturated rings. The van der Waals surface area contributed by atoms with Gasteiger partial charge < -0.3 is 5.11 Å². The zero-order chi connectivity index (χ0) is 8.43. The summed E-state index contributed by atoms with van der Waals surface area (Å²) in [5.41, 5.74) is -2.42. The largest absolute Gasteiger partial charge is 0.478 e. The molecule has 6 heteroatoms. The Kier molecular flexibility index (Phi) is 2.09. The highest BCUT2D eigenvalue weighted by Crippen LogP contribution is 2.22. The predicted molar refractivity (Wildman–Crippen MR) is 35.2 cm³/mol. The number of hydrogen-bond acceptors (Lipinski definition) is 2. The van der Waals surface area contributed by atoms with Crippen molar-refractivity contribution < 1.29 is 14.3 Å². The molecular weight excluding hydrogens is 175 g/mol. The van der Waals surface area contributed by atoms with Crippen LogP contribution in [0.2, 0.25) is 0 Å². The molecule has 0 aliphatic heterocycles. The van der Waals surface area contributed by atoms with Gasteiger partial charge in [0.1, 0.15) is 11.3 Å². The quantitative estimate of drug-likeness (QED) is 0.671. The average molecular weight is 179 g/mol. The third-order valence-electron chi connectivity index (χ3n) is 1.11. The number of carbonyl (C=O) groups is 1. The van der Waals surface area contributed by atoms with Gasteiger partial charge in [0, 0.05) is 6.20 Å². The Morgan fingerprint density at radius 2 is 2.55 bits per heavy atom. The molecule has 0 spiro atoms. The number of alkyl halides is 2. The molecule has 0 aliphatic rings. The minimum absolute atomic E-state index is 0.243. The van der Waals surface area contributed by atoms with E-state index in [1.807, 2.05) is 0 Å². The fourth-order valence-electron chi connectivity index (χ4n) is 0.638. The van der Waals surface area contributed by atoms with E-state index in [0.717, 1.165) is 6.20 Å². The lowest BCUT2D eigenvalue weighted by molar-refractivity contribution is 0.0694. The fraction of sp³-hybridized carbons (Fsp3) is 0.200. The maximum absolute atomic E-state index is 12.3. The van der Waals surface area contributed by atoms with Gasteiger partial charge in [0.2, 0.25) is 5.63 Å². The van der Waals surface area contributed by atoms with Crippen LogP contribution >= 0.6 is 11.6 Å². The summed E-state index contributed by atoms with van der Waals surface area (Å²) in [7, 11) is 0. The maximum atomic E-state index is 12.3. The summed E-state index contributed by atoms with van der Waals surface area (Å²) >= 11 is 4.98. The summed E-state index contributed by atoms with van der Waals surface area (Å²) in [5, 5.41) is 13.9. The smallest absolute Gasteiger partial charge is 0.339 e. The number of aromatic amines is 1. The van der Waals surface area contributed by atoms with E-state index in [1.54, 1.807) is 0 Å². The summed E-state index contributed by atoms with van der Waals surface area (Å²) in [5.74, 6) is -1.25. The number of rotatable bonds is 2. The summed E-state index contributed by atoms with van der Waals surface area (Å²) < 4.78 is 12.3. The Balaban J connectivity index is 3.06. The van der Waals surface area contributed by atoms with Gasteiger partial charge in [-0.25, -0.2) is 9.18 Å².